The molecular weight excluding hydrogens is 330 g/mol. The molecule has 126 valence electrons. The van der Waals surface area contributed by atoms with Crippen molar-refractivity contribution < 1.29 is 4.79 Å². The van der Waals surface area contributed by atoms with E-state index in [-0.39, 0.29) is 17.5 Å². The number of fused-ring (bicyclic) bond motifs is 1. The molecule has 1 atom stereocenters. The van der Waals surface area contributed by atoms with E-state index in [2.05, 4.69) is 22.2 Å². The molecule has 0 bridgehead atoms. The van der Waals surface area contributed by atoms with Crippen LogP contribution in [0.15, 0.2) is 4.79 Å². The number of hydrogen-bond acceptors (Lipinski definition) is 5. The number of thiophene rings is 1. The smallest absolute Gasteiger partial charge is 0.259 e. The van der Waals surface area contributed by atoms with E-state index in [1.165, 1.54) is 11.8 Å². The lowest BCUT2D eigenvalue weighted by Gasteiger charge is -2.12. The van der Waals surface area contributed by atoms with Gasteiger partial charge in [0.1, 0.15) is 10.7 Å². The van der Waals surface area contributed by atoms with E-state index in [0.717, 1.165) is 28.1 Å². The lowest BCUT2D eigenvalue weighted by molar-refractivity contribution is -0.119. The molecule has 0 aromatic carbocycles. The quantitative estimate of drug-likeness (QED) is 0.802. The molecule has 0 aliphatic rings. The van der Waals surface area contributed by atoms with Crippen molar-refractivity contribution in [1.82, 2.24) is 15.3 Å². The molecule has 0 radical (unpaired) electrons. The van der Waals surface area contributed by atoms with Crippen molar-refractivity contribution in [2.24, 2.45) is 0 Å². The van der Waals surface area contributed by atoms with Gasteiger partial charge in [-0.1, -0.05) is 13.3 Å². The van der Waals surface area contributed by atoms with E-state index in [0.29, 0.717) is 22.7 Å². The Balaban J connectivity index is 1.95. The topological polar surface area (TPSA) is 74.8 Å². The molecule has 1 amide bonds. The van der Waals surface area contributed by atoms with Gasteiger partial charge in [-0.2, -0.15) is 0 Å². The zero-order valence-corrected chi connectivity index (χ0v) is 15.6. The van der Waals surface area contributed by atoms with Crippen molar-refractivity contribution in [1.29, 1.82) is 0 Å². The Hall–Kier alpha value is -1.34. The van der Waals surface area contributed by atoms with Crippen LogP contribution in [-0.2, 0) is 10.5 Å². The van der Waals surface area contributed by atoms with Gasteiger partial charge in [0.25, 0.3) is 5.56 Å². The van der Waals surface area contributed by atoms with Crippen LogP contribution in [-0.4, -0.2) is 27.7 Å². The number of carbonyl (C=O) groups is 1. The molecule has 2 heterocycles. The second-order valence-corrected chi connectivity index (χ2v) is 7.91. The summed E-state index contributed by atoms with van der Waals surface area (Å²) in [5.74, 6) is 1.56. The highest BCUT2D eigenvalue weighted by Gasteiger charge is 2.12. The van der Waals surface area contributed by atoms with E-state index in [4.69, 9.17) is 0 Å². The lowest BCUT2D eigenvalue weighted by Crippen LogP contribution is -2.33. The monoisotopic (exact) mass is 353 g/mol. The molecule has 0 fully saturated rings. The normalized spacial score (nSPS) is 12.5. The number of amides is 1. The predicted molar refractivity (Wildman–Crippen MR) is 98.4 cm³/mol. The average molecular weight is 354 g/mol. The molecule has 2 rings (SSSR count). The lowest BCUT2D eigenvalue weighted by atomic mass is 10.2. The zero-order chi connectivity index (χ0) is 17.0. The van der Waals surface area contributed by atoms with Gasteiger partial charge in [-0.15, -0.1) is 23.1 Å². The number of aryl methyl sites for hydroxylation is 2. The first-order valence-corrected chi connectivity index (χ1v) is 9.75. The van der Waals surface area contributed by atoms with Gasteiger partial charge in [0, 0.05) is 10.9 Å². The minimum Gasteiger partial charge on any atom is -0.353 e. The van der Waals surface area contributed by atoms with Crippen molar-refractivity contribution >= 4 is 39.2 Å². The highest BCUT2D eigenvalue weighted by Crippen LogP contribution is 2.26. The number of aromatic nitrogens is 2. The Labute approximate surface area is 144 Å². The number of rotatable bonds is 7. The molecule has 2 aromatic heterocycles. The Kier molecular flexibility index (Phi) is 6.24. The number of nitrogens with one attached hydrogen (secondary N) is 2. The zero-order valence-electron chi connectivity index (χ0n) is 14.0. The molecule has 23 heavy (non-hydrogen) atoms. The highest BCUT2D eigenvalue weighted by atomic mass is 32.2. The van der Waals surface area contributed by atoms with Crippen LogP contribution in [0.3, 0.4) is 0 Å². The third-order valence-electron chi connectivity index (χ3n) is 3.69. The predicted octanol–water partition coefficient (Wildman–Crippen LogP) is 3.14. The number of thioether (sulfide) groups is 1. The average Bonchev–Trinajstić information content (AvgIpc) is 2.74. The Bertz CT molecular complexity index is 752. The first-order chi connectivity index (χ1) is 10.9. The SMILES string of the molecule is CCC[C@H](C)NC(=O)CSCc1nc2sc(C)c(C)c2c(=O)[nH]1. The Morgan fingerprint density at radius 3 is 2.87 bits per heavy atom. The molecular formula is C16H23N3O2S2. The van der Waals surface area contributed by atoms with Gasteiger partial charge in [-0.25, -0.2) is 4.98 Å². The van der Waals surface area contributed by atoms with Gasteiger partial charge >= 0.3 is 0 Å². The summed E-state index contributed by atoms with van der Waals surface area (Å²) in [6.45, 7) is 8.06. The molecule has 2 N–H and O–H groups in total. The van der Waals surface area contributed by atoms with Crippen molar-refractivity contribution in [3.05, 3.63) is 26.6 Å². The largest absolute Gasteiger partial charge is 0.353 e. The molecule has 0 unspecified atom stereocenters. The maximum Gasteiger partial charge on any atom is 0.259 e. The van der Waals surface area contributed by atoms with Crippen LogP contribution in [0.4, 0.5) is 0 Å². The Morgan fingerprint density at radius 2 is 2.17 bits per heavy atom. The Morgan fingerprint density at radius 1 is 1.43 bits per heavy atom. The standard InChI is InChI=1S/C16H23N3O2S2/c1-5-6-9(2)17-13(20)8-22-7-12-18-15(21)14-10(3)11(4)23-16(14)19-12/h9H,5-8H2,1-4H3,(H,17,20)(H,18,19,21)/t9-/m0/s1. The summed E-state index contributed by atoms with van der Waals surface area (Å²) >= 11 is 3.00. The molecule has 5 nitrogen and oxygen atoms in total. The first-order valence-electron chi connectivity index (χ1n) is 7.78. The van der Waals surface area contributed by atoms with Crippen molar-refractivity contribution in [3.8, 4) is 0 Å². The van der Waals surface area contributed by atoms with Crippen LogP contribution in [0, 0.1) is 13.8 Å². The third-order valence-corrected chi connectivity index (χ3v) is 5.73. The fourth-order valence-corrected chi connectivity index (χ4v) is 4.18. The fraction of sp³-hybridized carbons (Fsp3) is 0.562. The number of H-pyrrole nitrogens is 1. The van der Waals surface area contributed by atoms with E-state index in [9.17, 15) is 9.59 Å². The molecule has 0 aliphatic carbocycles. The van der Waals surface area contributed by atoms with Crippen LogP contribution >= 0.6 is 23.1 Å². The van der Waals surface area contributed by atoms with E-state index < -0.39 is 0 Å². The number of carbonyl (C=O) groups excluding carboxylic acids is 1. The molecule has 0 saturated carbocycles. The minimum atomic E-state index is -0.0894. The van der Waals surface area contributed by atoms with Crippen molar-refractivity contribution in [2.75, 3.05) is 5.75 Å². The van der Waals surface area contributed by atoms with Gasteiger partial charge in [0.05, 0.1) is 16.9 Å². The third kappa shape index (κ3) is 4.57. The summed E-state index contributed by atoms with van der Waals surface area (Å²) in [5, 5.41) is 3.66. The van der Waals surface area contributed by atoms with Gasteiger partial charge in [-0.3, -0.25) is 9.59 Å². The summed E-state index contributed by atoms with van der Waals surface area (Å²) < 4.78 is 0. The summed E-state index contributed by atoms with van der Waals surface area (Å²) in [5.41, 5.74) is 0.913. The summed E-state index contributed by atoms with van der Waals surface area (Å²) in [6, 6.07) is 0.208. The van der Waals surface area contributed by atoms with Crippen LogP contribution in [0.1, 0.15) is 43.0 Å². The van der Waals surface area contributed by atoms with Gasteiger partial charge < -0.3 is 10.3 Å². The van der Waals surface area contributed by atoms with Crippen LogP contribution in [0.25, 0.3) is 10.2 Å². The minimum absolute atomic E-state index is 0.0298. The number of nitrogens with zero attached hydrogens (tertiary/aromatic N) is 1. The number of hydrogen-bond donors (Lipinski definition) is 2. The van der Waals surface area contributed by atoms with Gasteiger partial charge in [-0.05, 0) is 32.8 Å². The molecule has 0 aliphatic heterocycles. The molecule has 0 saturated heterocycles. The van der Waals surface area contributed by atoms with E-state index in [1.54, 1.807) is 11.3 Å². The second kappa shape index (κ2) is 7.97. The molecule has 0 spiro atoms. The fourth-order valence-electron chi connectivity index (χ4n) is 2.43. The van der Waals surface area contributed by atoms with Crippen LogP contribution in [0.2, 0.25) is 0 Å². The van der Waals surface area contributed by atoms with Crippen LogP contribution in [0.5, 0.6) is 0 Å². The molecule has 7 heteroatoms. The number of aromatic amines is 1. The maximum absolute atomic E-state index is 12.2. The van der Waals surface area contributed by atoms with Crippen molar-refractivity contribution in [2.45, 2.75) is 52.3 Å². The molecule has 2 aromatic rings. The first kappa shape index (κ1) is 18.0. The summed E-state index contributed by atoms with van der Waals surface area (Å²) in [7, 11) is 0. The summed E-state index contributed by atoms with van der Waals surface area (Å²) in [6.07, 6.45) is 2.04. The van der Waals surface area contributed by atoms with Gasteiger partial charge in [0.2, 0.25) is 5.91 Å². The summed E-state index contributed by atoms with van der Waals surface area (Å²) in [4.78, 5) is 33.2. The van der Waals surface area contributed by atoms with Gasteiger partial charge in [0.15, 0.2) is 0 Å². The van der Waals surface area contributed by atoms with E-state index >= 15 is 0 Å². The maximum atomic E-state index is 12.2. The van der Waals surface area contributed by atoms with Crippen molar-refractivity contribution in [3.63, 3.8) is 0 Å². The highest BCUT2D eigenvalue weighted by molar-refractivity contribution is 7.99. The second-order valence-electron chi connectivity index (χ2n) is 5.73. The van der Waals surface area contributed by atoms with E-state index in [1.807, 2.05) is 20.8 Å². The van der Waals surface area contributed by atoms with Crippen LogP contribution < -0.4 is 10.9 Å².